The third kappa shape index (κ3) is 1.88. The molecule has 2 N–H and O–H groups in total. The first-order valence-corrected chi connectivity index (χ1v) is 7.11. The molecule has 0 aliphatic carbocycles. The fourth-order valence-corrected chi connectivity index (χ4v) is 3.31. The molecule has 0 saturated heterocycles. The number of carboxylic acids is 1. The van der Waals surface area contributed by atoms with Gasteiger partial charge in [0.1, 0.15) is 0 Å². The largest absolute Gasteiger partial charge is 0.478 e. The quantitative estimate of drug-likeness (QED) is 0.593. The first-order valence-electron chi connectivity index (χ1n) is 6.29. The Morgan fingerprint density at radius 2 is 2.10 bits per heavy atom. The molecule has 0 atom stereocenters. The lowest BCUT2D eigenvalue weighted by atomic mass is 10.2. The van der Waals surface area contributed by atoms with Crippen molar-refractivity contribution in [3.05, 3.63) is 48.2 Å². The van der Waals surface area contributed by atoms with Crippen molar-refractivity contribution in [2.45, 2.75) is 0 Å². The monoisotopic (exact) mass is 295 g/mol. The second kappa shape index (κ2) is 4.39. The number of aromatic nitrogens is 3. The molecule has 5 nitrogen and oxygen atoms in total. The van der Waals surface area contributed by atoms with Crippen LogP contribution in [0.25, 0.3) is 32.0 Å². The van der Waals surface area contributed by atoms with Gasteiger partial charge in [0.05, 0.1) is 16.0 Å². The van der Waals surface area contributed by atoms with E-state index in [4.69, 9.17) is 0 Å². The predicted molar refractivity (Wildman–Crippen MR) is 81.7 cm³/mol. The van der Waals surface area contributed by atoms with Crippen LogP contribution in [0.4, 0.5) is 0 Å². The Hall–Kier alpha value is -2.73. The number of nitrogens with zero attached hydrogens (tertiary/aromatic N) is 2. The smallest absolute Gasteiger partial charge is 0.338 e. The molecule has 0 bridgehead atoms. The minimum Gasteiger partial charge on any atom is -0.478 e. The highest BCUT2D eigenvalue weighted by molar-refractivity contribution is 7.22. The van der Waals surface area contributed by atoms with Crippen molar-refractivity contribution in [2.75, 3.05) is 0 Å². The van der Waals surface area contributed by atoms with Crippen molar-refractivity contribution >= 4 is 38.6 Å². The Morgan fingerprint density at radius 3 is 2.90 bits per heavy atom. The summed E-state index contributed by atoms with van der Waals surface area (Å²) in [5, 5.41) is 10.3. The molecule has 0 aliphatic heterocycles. The summed E-state index contributed by atoms with van der Waals surface area (Å²) in [7, 11) is 0. The molecule has 3 heterocycles. The van der Waals surface area contributed by atoms with Gasteiger partial charge in [0.25, 0.3) is 0 Å². The number of pyridine rings is 1. The molecular formula is C15H9N3O2S. The summed E-state index contributed by atoms with van der Waals surface area (Å²) in [6.45, 7) is 0. The van der Waals surface area contributed by atoms with Gasteiger partial charge in [-0.15, -0.1) is 11.3 Å². The Kier molecular flexibility index (Phi) is 2.52. The molecule has 6 heteroatoms. The van der Waals surface area contributed by atoms with E-state index in [9.17, 15) is 9.90 Å². The highest BCUT2D eigenvalue weighted by Crippen LogP contribution is 2.32. The number of imidazole rings is 1. The molecule has 0 spiro atoms. The molecule has 0 radical (unpaired) electrons. The number of hydrogen-bond donors (Lipinski definition) is 2. The Balaban J connectivity index is 1.94. The zero-order chi connectivity index (χ0) is 14.4. The summed E-state index contributed by atoms with van der Waals surface area (Å²) in [5.74, 6) is -0.346. The standard InChI is InChI=1S/C15H9N3O2S/c19-15(20)9-5-6-16-14-12(9)17-13(18-14)11-7-8-3-1-2-4-10(8)21-11/h1-7H,(H,19,20)(H,16,17,18). The second-order valence-electron chi connectivity index (χ2n) is 4.60. The van der Waals surface area contributed by atoms with Gasteiger partial charge in [-0.1, -0.05) is 18.2 Å². The van der Waals surface area contributed by atoms with Crippen LogP contribution in [0.15, 0.2) is 42.6 Å². The topological polar surface area (TPSA) is 78.9 Å². The van der Waals surface area contributed by atoms with Crippen LogP contribution in [0.2, 0.25) is 0 Å². The molecule has 3 aromatic heterocycles. The number of carboxylic acid groups (broad SMARTS) is 1. The van der Waals surface area contributed by atoms with E-state index in [1.807, 2.05) is 30.3 Å². The molecular weight excluding hydrogens is 286 g/mol. The van der Waals surface area contributed by atoms with Gasteiger partial charge < -0.3 is 10.1 Å². The normalized spacial score (nSPS) is 11.2. The van der Waals surface area contributed by atoms with Crippen LogP contribution in [0, 0.1) is 0 Å². The van der Waals surface area contributed by atoms with Gasteiger partial charge in [0.15, 0.2) is 11.5 Å². The summed E-state index contributed by atoms with van der Waals surface area (Å²) in [4.78, 5) is 23.8. The van der Waals surface area contributed by atoms with Gasteiger partial charge in [0.2, 0.25) is 0 Å². The summed E-state index contributed by atoms with van der Waals surface area (Å²) >= 11 is 1.61. The van der Waals surface area contributed by atoms with E-state index in [1.165, 1.54) is 17.0 Å². The van der Waals surface area contributed by atoms with Crippen LogP contribution < -0.4 is 0 Å². The van der Waals surface area contributed by atoms with Crippen LogP contribution in [0.5, 0.6) is 0 Å². The Morgan fingerprint density at radius 1 is 1.24 bits per heavy atom. The fraction of sp³-hybridized carbons (Fsp3) is 0. The first-order chi connectivity index (χ1) is 10.2. The maximum Gasteiger partial charge on any atom is 0.338 e. The summed E-state index contributed by atoms with van der Waals surface area (Å²) in [6, 6.07) is 11.6. The van der Waals surface area contributed by atoms with E-state index in [2.05, 4.69) is 15.0 Å². The second-order valence-corrected chi connectivity index (χ2v) is 5.68. The molecule has 21 heavy (non-hydrogen) atoms. The van der Waals surface area contributed by atoms with E-state index in [0.29, 0.717) is 17.0 Å². The van der Waals surface area contributed by atoms with Crippen molar-refractivity contribution in [1.29, 1.82) is 0 Å². The highest BCUT2D eigenvalue weighted by Gasteiger charge is 2.15. The average Bonchev–Trinajstić information content (AvgIpc) is 3.09. The number of benzene rings is 1. The van der Waals surface area contributed by atoms with Crippen molar-refractivity contribution < 1.29 is 9.90 Å². The maximum absolute atomic E-state index is 11.2. The number of carbonyl (C=O) groups is 1. The number of rotatable bonds is 2. The molecule has 0 aliphatic rings. The van der Waals surface area contributed by atoms with Crippen molar-refractivity contribution in [3.8, 4) is 10.7 Å². The number of fused-ring (bicyclic) bond motifs is 2. The number of nitrogens with one attached hydrogen (secondary N) is 1. The van der Waals surface area contributed by atoms with Crippen LogP contribution >= 0.6 is 11.3 Å². The van der Waals surface area contributed by atoms with Crippen LogP contribution in [-0.4, -0.2) is 26.0 Å². The Labute approximate surface area is 122 Å². The zero-order valence-electron chi connectivity index (χ0n) is 10.7. The molecule has 4 rings (SSSR count). The predicted octanol–water partition coefficient (Wildman–Crippen LogP) is 3.54. The first kappa shape index (κ1) is 12.0. The van der Waals surface area contributed by atoms with Crippen LogP contribution in [0.3, 0.4) is 0 Å². The van der Waals surface area contributed by atoms with E-state index in [0.717, 1.165) is 10.3 Å². The maximum atomic E-state index is 11.2. The lowest BCUT2D eigenvalue weighted by Gasteiger charge is -1.93. The van der Waals surface area contributed by atoms with Gasteiger partial charge in [0, 0.05) is 10.9 Å². The summed E-state index contributed by atoms with van der Waals surface area (Å²) in [6.07, 6.45) is 1.46. The fourth-order valence-electron chi connectivity index (χ4n) is 2.30. The molecule has 102 valence electrons. The van der Waals surface area contributed by atoms with Gasteiger partial charge in [-0.2, -0.15) is 0 Å². The lowest BCUT2D eigenvalue weighted by Crippen LogP contribution is -1.97. The number of thiophene rings is 1. The van der Waals surface area contributed by atoms with Crippen molar-refractivity contribution in [3.63, 3.8) is 0 Å². The molecule has 0 saturated carbocycles. The van der Waals surface area contributed by atoms with E-state index in [-0.39, 0.29) is 5.56 Å². The van der Waals surface area contributed by atoms with E-state index < -0.39 is 5.97 Å². The third-order valence-corrected chi connectivity index (χ3v) is 4.40. The minimum absolute atomic E-state index is 0.180. The zero-order valence-corrected chi connectivity index (χ0v) is 11.5. The van der Waals surface area contributed by atoms with Crippen LogP contribution in [-0.2, 0) is 0 Å². The molecule has 0 fully saturated rings. The number of hydrogen-bond acceptors (Lipinski definition) is 4. The van der Waals surface area contributed by atoms with Gasteiger partial charge >= 0.3 is 5.97 Å². The minimum atomic E-state index is -0.992. The van der Waals surface area contributed by atoms with Gasteiger partial charge in [-0.25, -0.2) is 14.8 Å². The van der Waals surface area contributed by atoms with E-state index >= 15 is 0 Å². The van der Waals surface area contributed by atoms with Crippen molar-refractivity contribution in [2.24, 2.45) is 0 Å². The molecule has 4 aromatic rings. The molecule has 1 aromatic carbocycles. The van der Waals surface area contributed by atoms with E-state index in [1.54, 1.807) is 11.3 Å². The summed E-state index contributed by atoms with van der Waals surface area (Å²) in [5.41, 5.74) is 1.06. The lowest BCUT2D eigenvalue weighted by molar-refractivity contribution is 0.0699. The third-order valence-electron chi connectivity index (χ3n) is 3.28. The summed E-state index contributed by atoms with van der Waals surface area (Å²) < 4.78 is 1.17. The number of aromatic carboxylic acids is 1. The molecule has 0 amide bonds. The SMILES string of the molecule is O=C(O)c1ccnc2nc(-c3cc4ccccc4s3)[nH]c12. The van der Waals surface area contributed by atoms with Gasteiger partial charge in [-0.3, -0.25) is 0 Å². The van der Waals surface area contributed by atoms with Crippen molar-refractivity contribution in [1.82, 2.24) is 15.0 Å². The number of aromatic amines is 1. The van der Waals surface area contributed by atoms with Gasteiger partial charge in [-0.05, 0) is 23.6 Å². The highest BCUT2D eigenvalue weighted by atomic mass is 32.1. The van der Waals surface area contributed by atoms with Crippen LogP contribution in [0.1, 0.15) is 10.4 Å². The number of H-pyrrole nitrogens is 1. The Bertz CT molecular complexity index is 954. The molecule has 0 unspecified atom stereocenters. The average molecular weight is 295 g/mol.